The zero-order chi connectivity index (χ0) is 13.9. The molecule has 0 amide bonds. The van der Waals surface area contributed by atoms with Crippen molar-refractivity contribution in [3.8, 4) is 0 Å². The zero-order valence-electron chi connectivity index (χ0n) is 10.5. The molecule has 0 aliphatic rings. The van der Waals surface area contributed by atoms with Gasteiger partial charge in [0.05, 0.1) is 4.90 Å². The Balaban J connectivity index is 2.09. The van der Waals surface area contributed by atoms with Crippen LogP contribution in [-0.2, 0) is 16.6 Å². The molecule has 1 aromatic carbocycles. The fourth-order valence-electron chi connectivity index (χ4n) is 1.51. The minimum Gasteiger partial charge on any atom is -0.399 e. The third-order valence-electron chi connectivity index (χ3n) is 2.63. The van der Waals surface area contributed by atoms with Crippen molar-refractivity contribution in [3.05, 3.63) is 53.9 Å². The summed E-state index contributed by atoms with van der Waals surface area (Å²) < 4.78 is 26.5. The molecule has 1 aromatic heterocycles. The topological polar surface area (TPSA) is 85.1 Å². The SMILES string of the molecule is Cc1ccc(CNS(=O)(=O)c2ccc(N)cc2)cn1. The Hall–Kier alpha value is -1.92. The molecule has 2 rings (SSSR count). The first-order valence-corrected chi connectivity index (χ1v) is 7.22. The van der Waals surface area contributed by atoms with E-state index in [4.69, 9.17) is 5.73 Å². The molecule has 6 heteroatoms. The van der Waals surface area contributed by atoms with E-state index in [0.29, 0.717) is 5.69 Å². The van der Waals surface area contributed by atoms with Crippen LogP contribution in [0.2, 0.25) is 0 Å². The van der Waals surface area contributed by atoms with Crippen LogP contribution < -0.4 is 10.5 Å². The number of hydrogen-bond donors (Lipinski definition) is 2. The minimum atomic E-state index is -3.52. The van der Waals surface area contributed by atoms with Gasteiger partial charge in [-0.3, -0.25) is 4.98 Å². The Morgan fingerprint density at radius 1 is 1.16 bits per heavy atom. The number of nitrogen functional groups attached to an aromatic ring is 1. The van der Waals surface area contributed by atoms with E-state index in [-0.39, 0.29) is 11.4 Å². The highest BCUT2D eigenvalue weighted by Gasteiger charge is 2.13. The maximum absolute atomic E-state index is 12.0. The van der Waals surface area contributed by atoms with Gasteiger partial charge in [-0.05, 0) is 42.8 Å². The summed E-state index contributed by atoms with van der Waals surface area (Å²) in [4.78, 5) is 4.31. The first kappa shape index (κ1) is 13.5. The summed E-state index contributed by atoms with van der Waals surface area (Å²) in [5, 5.41) is 0. The number of nitrogens with zero attached hydrogens (tertiary/aromatic N) is 1. The first-order valence-electron chi connectivity index (χ1n) is 5.74. The number of sulfonamides is 1. The van der Waals surface area contributed by atoms with Crippen molar-refractivity contribution in [3.63, 3.8) is 0 Å². The molecule has 0 aliphatic heterocycles. The molecule has 3 N–H and O–H groups in total. The third kappa shape index (κ3) is 3.52. The molecule has 0 unspecified atom stereocenters. The Labute approximate surface area is 112 Å². The molecular formula is C13H15N3O2S. The maximum Gasteiger partial charge on any atom is 0.240 e. The summed E-state index contributed by atoms with van der Waals surface area (Å²) >= 11 is 0. The van der Waals surface area contributed by atoms with Crippen LogP contribution in [-0.4, -0.2) is 13.4 Å². The van der Waals surface area contributed by atoms with Crippen LogP contribution in [0.15, 0.2) is 47.5 Å². The summed E-state index contributed by atoms with van der Waals surface area (Å²) in [5.74, 6) is 0. The number of pyridine rings is 1. The standard InChI is InChI=1S/C13H15N3O2S/c1-10-2-3-11(8-15-10)9-16-19(17,18)13-6-4-12(14)5-7-13/h2-8,16H,9,14H2,1H3. The summed E-state index contributed by atoms with van der Waals surface area (Å²) in [7, 11) is -3.52. The van der Waals surface area contributed by atoms with Gasteiger partial charge in [-0.25, -0.2) is 13.1 Å². The predicted octanol–water partition coefficient (Wildman–Crippen LogP) is 1.45. The number of hydrogen-bond acceptors (Lipinski definition) is 4. The number of rotatable bonds is 4. The van der Waals surface area contributed by atoms with Gasteiger partial charge < -0.3 is 5.73 Å². The molecular weight excluding hydrogens is 262 g/mol. The van der Waals surface area contributed by atoms with E-state index in [1.54, 1.807) is 18.3 Å². The number of nitrogens with one attached hydrogen (secondary N) is 1. The van der Waals surface area contributed by atoms with Crippen LogP contribution in [0, 0.1) is 6.92 Å². The average Bonchev–Trinajstić information content (AvgIpc) is 2.39. The molecule has 100 valence electrons. The number of nitrogens with two attached hydrogens (primary N) is 1. The molecule has 5 nitrogen and oxygen atoms in total. The summed E-state index contributed by atoms with van der Waals surface area (Å²) in [6.45, 7) is 2.09. The minimum absolute atomic E-state index is 0.196. The van der Waals surface area contributed by atoms with Crippen molar-refractivity contribution in [1.29, 1.82) is 0 Å². The van der Waals surface area contributed by atoms with Crippen LogP contribution in [0.4, 0.5) is 5.69 Å². The number of aryl methyl sites for hydroxylation is 1. The number of anilines is 1. The van der Waals surface area contributed by atoms with Crippen LogP contribution in [0.5, 0.6) is 0 Å². The normalized spacial score (nSPS) is 11.4. The molecule has 0 fully saturated rings. The molecule has 0 spiro atoms. The Morgan fingerprint density at radius 2 is 1.84 bits per heavy atom. The first-order chi connectivity index (χ1) is 8.97. The van der Waals surface area contributed by atoms with Gasteiger partial charge in [0.15, 0.2) is 0 Å². The summed E-state index contributed by atoms with van der Waals surface area (Å²) in [5.41, 5.74) is 7.76. The highest BCUT2D eigenvalue weighted by atomic mass is 32.2. The second kappa shape index (κ2) is 5.38. The van der Waals surface area contributed by atoms with Crippen molar-refractivity contribution in [2.24, 2.45) is 0 Å². The van der Waals surface area contributed by atoms with Gasteiger partial charge in [0, 0.05) is 24.1 Å². The lowest BCUT2D eigenvalue weighted by molar-refractivity contribution is 0.581. The van der Waals surface area contributed by atoms with Gasteiger partial charge >= 0.3 is 0 Å². The number of benzene rings is 1. The fraction of sp³-hybridized carbons (Fsp3) is 0.154. The Kier molecular flexibility index (Phi) is 3.82. The molecule has 0 aliphatic carbocycles. The quantitative estimate of drug-likeness (QED) is 0.828. The van der Waals surface area contributed by atoms with Crippen molar-refractivity contribution in [1.82, 2.24) is 9.71 Å². The van der Waals surface area contributed by atoms with E-state index < -0.39 is 10.0 Å². The zero-order valence-corrected chi connectivity index (χ0v) is 11.3. The van der Waals surface area contributed by atoms with Gasteiger partial charge in [-0.1, -0.05) is 6.07 Å². The van der Waals surface area contributed by atoms with Crippen LogP contribution >= 0.6 is 0 Å². The van der Waals surface area contributed by atoms with Gasteiger partial charge in [0.2, 0.25) is 10.0 Å². The molecule has 0 radical (unpaired) electrons. The lowest BCUT2D eigenvalue weighted by Gasteiger charge is -2.07. The molecule has 0 saturated carbocycles. The van der Waals surface area contributed by atoms with E-state index in [9.17, 15) is 8.42 Å². The van der Waals surface area contributed by atoms with Crippen LogP contribution in [0.1, 0.15) is 11.3 Å². The smallest absolute Gasteiger partial charge is 0.240 e. The summed E-state index contributed by atoms with van der Waals surface area (Å²) in [6.07, 6.45) is 1.65. The van der Waals surface area contributed by atoms with E-state index in [1.807, 2.05) is 19.1 Å². The van der Waals surface area contributed by atoms with E-state index >= 15 is 0 Å². The molecule has 0 bridgehead atoms. The van der Waals surface area contributed by atoms with Crippen molar-refractivity contribution < 1.29 is 8.42 Å². The second-order valence-electron chi connectivity index (χ2n) is 4.20. The lowest BCUT2D eigenvalue weighted by Crippen LogP contribution is -2.23. The monoisotopic (exact) mass is 277 g/mol. The van der Waals surface area contributed by atoms with Gasteiger partial charge in [0.1, 0.15) is 0 Å². The Morgan fingerprint density at radius 3 is 2.42 bits per heavy atom. The van der Waals surface area contributed by atoms with Gasteiger partial charge in [0.25, 0.3) is 0 Å². The van der Waals surface area contributed by atoms with Crippen molar-refractivity contribution in [2.75, 3.05) is 5.73 Å². The average molecular weight is 277 g/mol. The van der Waals surface area contributed by atoms with Gasteiger partial charge in [-0.15, -0.1) is 0 Å². The lowest BCUT2D eigenvalue weighted by atomic mass is 10.2. The molecule has 19 heavy (non-hydrogen) atoms. The van der Waals surface area contributed by atoms with E-state index in [2.05, 4.69) is 9.71 Å². The fourth-order valence-corrected chi connectivity index (χ4v) is 2.53. The summed E-state index contributed by atoms with van der Waals surface area (Å²) in [6, 6.07) is 9.75. The molecule has 2 aromatic rings. The van der Waals surface area contributed by atoms with Crippen LogP contribution in [0.3, 0.4) is 0 Å². The molecule has 0 saturated heterocycles. The third-order valence-corrected chi connectivity index (χ3v) is 4.05. The van der Waals surface area contributed by atoms with Gasteiger partial charge in [-0.2, -0.15) is 0 Å². The van der Waals surface area contributed by atoms with Crippen molar-refractivity contribution in [2.45, 2.75) is 18.4 Å². The molecule has 1 heterocycles. The highest BCUT2D eigenvalue weighted by molar-refractivity contribution is 7.89. The largest absolute Gasteiger partial charge is 0.399 e. The second-order valence-corrected chi connectivity index (χ2v) is 5.97. The van der Waals surface area contributed by atoms with E-state index in [1.165, 1.54) is 12.1 Å². The number of aromatic nitrogens is 1. The molecule has 0 atom stereocenters. The van der Waals surface area contributed by atoms with Crippen molar-refractivity contribution >= 4 is 15.7 Å². The van der Waals surface area contributed by atoms with Crippen LogP contribution in [0.25, 0.3) is 0 Å². The predicted molar refractivity (Wildman–Crippen MR) is 73.9 cm³/mol. The highest BCUT2D eigenvalue weighted by Crippen LogP contribution is 2.12. The van der Waals surface area contributed by atoms with E-state index in [0.717, 1.165) is 11.3 Å². The maximum atomic E-state index is 12.0. The Bertz CT molecular complexity index is 649.